The summed E-state index contributed by atoms with van der Waals surface area (Å²) in [7, 11) is 0. The Bertz CT molecular complexity index is 584. The molecule has 0 N–H and O–H groups in total. The second kappa shape index (κ2) is 4.67. The molecule has 0 unspecified atom stereocenters. The average molecular weight is 329 g/mol. The second-order valence-corrected chi connectivity index (χ2v) is 6.56. The lowest BCUT2D eigenvalue weighted by atomic mass is 9.95. The molecule has 0 fully saturated rings. The molecule has 0 aliphatic heterocycles. The third-order valence-electron chi connectivity index (χ3n) is 2.71. The fraction of sp³-hybridized carbons (Fsp3) is 0.385. The lowest BCUT2D eigenvalue weighted by Gasteiger charge is -2.20. The van der Waals surface area contributed by atoms with Gasteiger partial charge in [-0.15, -0.1) is 10.2 Å². The quantitative estimate of drug-likeness (QED) is 0.782. The van der Waals surface area contributed by atoms with Gasteiger partial charge in [-0.2, -0.15) is 0 Å². The molecule has 0 amide bonds. The zero-order valence-electron chi connectivity index (χ0n) is 10.8. The van der Waals surface area contributed by atoms with E-state index in [-0.39, 0.29) is 5.41 Å². The molecule has 5 heteroatoms. The number of aryl methyl sites for hydroxylation is 1. The van der Waals surface area contributed by atoms with Gasteiger partial charge in [0.05, 0.1) is 5.69 Å². The third kappa shape index (κ3) is 2.45. The summed E-state index contributed by atoms with van der Waals surface area (Å²) >= 11 is 9.67. The van der Waals surface area contributed by atoms with E-state index in [1.165, 1.54) is 0 Å². The monoisotopic (exact) mass is 327 g/mol. The molecule has 0 spiro atoms. The van der Waals surface area contributed by atoms with Crippen LogP contribution in [0.2, 0.25) is 5.28 Å². The fourth-order valence-electron chi connectivity index (χ4n) is 1.79. The lowest BCUT2D eigenvalue weighted by molar-refractivity contribution is 0.533. The van der Waals surface area contributed by atoms with Crippen LogP contribution in [-0.2, 0) is 5.41 Å². The van der Waals surface area contributed by atoms with E-state index in [0.717, 1.165) is 21.5 Å². The maximum Gasteiger partial charge on any atom is 0.229 e. The average Bonchev–Trinajstić information content (AvgIpc) is 2.63. The van der Waals surface area contributed by atoms with E-state index in [4.69, 9.17) is 11.6 Å². The van der Waals surface area contributed by atoms with Crippen molar-refractivity contribution in [2.24, 2.45) is 0 Å². The smallest absolute Gasteiger partial charge is 0.229 e. The summed E-state index contributed by atoms with van der Waals surface area (Å²) in [5.41, 5.74) is 2.02. The maximum atomic E-state index is 6.18. The molecular formula is C13H15BrClN3. The summed E-state index contributed by atoms with van der Waals surface area (Å²) in [6, 6.07) is 6.08. The number of hydrogen-bond donors (Lipinski definition) is 0. The van der Waals surface area contributed by atoms with Gasteiger partial charge >= 0.3 is 0 Å². The summed E-state index contributed by atoms with van der Waals surface area (Å²) in [6.45, 7) is 8.33. The van der Waals surface area contributed by atoms with Gasteiger partial charge in [-0.3, -0.25) is 4.57 Å². The molecular weight excluding hydrogens is 314 g/mol. The van der Waals surface area contributed by atoms with Crippen LogP contribution in [0.1, 0.15) is 32.2 Å². The fourth-order valence-corrected chi connectivity index (χ4v) is 2.35. The molecule has 96 valence electrons. The van der Waals surface area contributed by atoms with Gasteiger partial charge in [0.1, 0.15) is 5.82 Å². The number of benzene rings is 1. The Balaban J connectivity index is 2.71. The van der Waals surface area contributed by atoms with E-state index >= 15 is 0 Å². The Hall–Kier alpha value is -0.870. The molecule has 2 rings (SSSR count). The van der Waals surface area contributed by atoms with E-state index in [1.54, 1.807) is 0 Å². The topological polar surface area (TPSA) is 30.7 Å². The SMILES string of the molecule is Cc1ccc(Br)cc1-n1c(Cl)nnc1C(C)(C)C. The van der Waals surface area contributed by atoms with Crippen LogP contribution in [0.4, 0.5) is 0 Å². The highest BCUT2D eigenvalue weighted by atomic mass is 79.9. The minimum atomic E-state index is -0.116. The molecule has 0 saturated carbocycles. The Morgan fingerprint density at radius 3 is 2.50 bits per heavy atom. The minimum absolute atomic E-state index is 0.116. The molecule has 0 aliphatic carbocycles. The Labute approximate surface area is 120 Å². The number of rotatable bonds is 1. The molecule has 1 heterocycles. The molecule has 0 saturated heterocycles. The van der Waals surface area contributed by atoms with Crippen LogP contribution in [0, 0.1) is 6.92 Å². The normalized spacial score (nSPS) is 11.9. The Morgan fingerprint density at radius 2 is 1.89 bits per heavy atom. The van der Waals surface area contributed by atoms with Crippen LogP contribution < -0.4 is 0 Å². The van der Waals surface area contributed by atoms with Crippen molar-refractivity contribution in [2.75, 3.05) is 0 Å². The molecule has 1 aromatic heterocycles. The van der Waals surface area contributed by atoms with E-state index in [1.807, 2.05) is 29.7 Å². The molecule has 2 aromatic rings. The van der Waals surface area contributed by atoms with E-state index in [2.05, 4.69) is 46.9 Å². The van der Waals surface area contributed by atoms with Crippen LogP contribution in [0.5, 0.6) is 0 Å². The molecule has 0 radical (unpaired) electrons. The van der Waals surface area contributed by atoms with Gasteiger partial charge < -0.3 is 0 Å². The highest BCUT2D eigenvalue weighted by Gasteiger charge is 2.24. The largest absolute Gasteiger partial charge is 0.269 e. The van der Waals surface area contributed by atoms with Crippen LogP contribution in [0.15, 0.2) is 22.7 Å². The van der Waals surface area contributed by atoms with Crippen LogP contribution in [0.25, 0.3) is 5.69 Å². The Morgan fingerprint density at radius 1 is 1.22 bits per heavy atom. The first-order valence-corrected chi connectivity index (χ1v) is 6.85. The summed E-state index contributed by atoms with van der Waals surface area (Å²) in [6.07, 6.45) is 0. The first-order chi connectivity index (χ1) is 8.30. The van der Waals surface area contributed by atoms with Gasteiger partial charge in [0, 0.05) is 9.89 Å². The molecule has 18 heavy (non-hydrogen) atoms. The zero-order chi connectivity index (χ0) is 13.5. The van der Waals surface area contributed by atoms with Crippen LogP contribution >= 0.6 is 27.5 Å². The van der Waals surface area contributed by atoms with Crippen LogP contribution in [-0.4, -0.2) is 14.8 Å². The zero-order valence-corrected chi connectivity index (χ0v) is 13.2. The third-order valence-corrected chi connectivity index (χ3v) is 3.44. The number of aromatic nitrogens is 3. The highest BCUT2D eigenvalue weighted by Crippen LogP contribution is 2.29. The number of halogens is 2. The van der Waals surface area contributed by atoms with Crippen molar-refractivity contribution in [3.8, 4) is 5.69 Å². The van der Waals surface area contributed by atoms with Crippen molar-refractivity contribution in [1.29, 1.82) is 0 Å². The van der Waals surface area contributed by atoms with Gasteiger partial charge in [-0.05, 0) is 36.2 Å². The van der Waals surface area contributed by atoms with Crippen molar-refractivity contribution in [1.82, 2.24) is 14.8 Å². The summed E-state index contributed by atoms with van der Waals surface area (Å²) in [5.74, 6) is 0.855. The van der Waals surface area contributed by atoms with E-state index < -0.39 is 0 Å². The predicted molar refractivity (Wildman–Crippen MR) is 77.5 cm³/mol. The molecule has 3 nitrogen and oxygen atoms in total. The summed E-state index contributed by atoms with van der Waals surface area (Å²) in [4.78, 5) is 0. The predicted octanol–water partition coefficient (Wildman–Crippen LogP) is 4.29. The van der Waals surface area contributed by atoms with Crippen molar-refractivity contribution in [3.05, 3.63) is 39.3 Å². The van der Waals surface area contributed by atoms with Gasteiger partial charge in [-0.25, -0.2) is 0 Å². The second-order valence-electron chi connectivity index (χ2n) is 5.31. The van der Waals surface area contributed by atoms with Gasteiger partial charge in [0.2, 0.25) is 5.28 Å². The number of nitrogens with zero attached hydrogens (tertiary/aromatic N) is 3. The molecule has 0 bridgehead atoms. The molecule has 1 aromatic carbocycles. The first-order valence-electron chi connectivity index (χ1n) is 5.68. The standard InChI is InChI=1S/C13H15BrClN3/c1-8-5-6-9(14)7-10(8)18-11(13(2,3)4)16-17-12(18)15/h5-7H,1-4H3. The summed E-state index contributed by atoms with van der Waals surface area (Å²) in [5, 5.41) is 8.58. The van der Waals surface area contributed by atoms with Gasteiger partial charge in [0.25, 0.3) is 0 Å². The minimum Gasteiger partial charge on any atom is -0.269 e. The van der Waals surface area contributed by atoms with Gasteiger partial charge in [-0.1, -0.05) is 42.8 Å². The molecule has 0 atom stereocenters. The lowest BCUT2D eigenvalue weighted by Crippen LogP contribution is -2.18. The van der Waals surface area contributed by atoms with Crippen molar-refractivity contribution >= 4 is 27.5 Å². The van der Waals surface area contributed by atoms with E-state index in [9.17, 15) is 0 Å². The highest BCUT2D eigenvalue weighted by molar-refractivity contribution is 9.10. The van der Waals surface area contributed by atoms with Crippen molar-refractivity contribution < 1.29 is 0 Å². The van der Waals surface area contributed by atoms with Gasteiger partial charge in [0.15, 0.2) is 0 Å². The van der Waals surface area contributed by atoms with Crippen molar-refractivity contribution in [2.45, 2.75) is 33.1 Å². The van der Waals surface area contributed by atoms with E-state index in [0.29, 0.717) is 5.28 Å². The Kier molecular flexibility index (Phi) is 3.52. The van der Waals surface area contributed by atoms with Crippen molar-refractivity contribution in [3.63, 3.8) is 0 Å². The summed E-state index contributed by atoms with van der Waals surface area (Å²) < 4.78 is 2.91. The first kappa shape index (κ1) is 13.6. The number of hydrogen-bond acceptors (Lipinski definition) is 2. The van der Waals surface area contributed by atoms with Crippen LogP contribution in [0.3, 0.4) is 0 Å². The maximum absolute atomic E-state index is 6.18. The molecule has 0 aliphatic rings.